The fourth-order valence-corrected chi connectivity index (χ4v) is 5.55. The van der Waals surface area contributed by atoms with Gasteiger partial charge in [0.05, 0.1) is 11.7 Å². The maximum absolute atomic E-state index is 6.34. The van der Waals surface area contributed by atoms with Crippen molar-refractivity contribution in [2.75, 3.05) is 0 Å². The molecule has 38 heavy (non-hydrogen) atoms. The highest BCUT2D eigenvalue weighted by Gasteiger charge is 2.26. The highest BCUT2D eigenvalue weighted by Crippen LogP contribution is 2.51. The van der Waals surface area contributed by atoms with Crippen molar-refractivity contribution in [1.29, 1.82) is 0 Å². The van der Waals surface area contributed by atoms with Crippen LogP contribution in [-0.4, -0.2) is 9.78 Å². The number of rotatable bonds is 4. The summed E-state index contributed by atoms with van der Waals surface area (Å²) in [6.45, 7) is 0. The summed E-state index contributed by atoms with van der Waals surface area (Å²) in [6, 6.07) is 31.8. The number of hydrogen-bond acceptors (Lipinski definition) is 1. The summed E-state index contributed by atoms with van der Waals surface area (Å²) in [5.74, 6) is 0. The van der Waals surface area contributed by atoms with Gasteiger partial charge in [-0.15, -0.1) is 0 Å². The molecule has 2 nitrogen and oxygen atoms in total. The van der Waals surface area contributed by atoms with E-state index in [2.05, 4.69) is 48.5 Å². The molecule has 0 amide bonds. The number of hydrogen-bond donors (Lipinski definition) is 0. The van der Waals surface area contributed by atoms with E-state index in [1.54, 1.807) is 0 Å². The van der Waals surface area contributed by atoms with Crippen LogP contribution in [0, 0.1) is 0 Å². The first kappa shape index (κ1) is 25.0. The monoisotopic (exact) mass is 572 g/mol. The normalized spacial score (nSPS) is 11.3. The smallest absolute Gasteiger partial charge is 0.0770 e. The fraction of sp³-hybridized carbons (Fsp3) is 0.0312. The number of aryl methyl sites for hydroxylation is 1. The first-order valence-corrected chi connectivity index (χ1v) is 13.5. The van der Waals surface area contributed by atoms with E-state index >= 15 is 0 Å². The zero-order chi connectivity index (χ0) is 26.4. The molecule has 0 aliphatic carbocycles. The van der Waals surface area contributed by atoms with Crippen molar-refractivity contribution >= 4 is 57.3 Å². The van der Waals surface area contributed by atoms with E-state index in [0.29, 0.717) is 20.1 Å². The lowest BCUT2D eigenvalue weighted by Crippen LogP contribution is -1.99. The molecule has 5 aromatic carbocycles. The number of nitrogens with zero attached hydrogens (tertiary/aromatic N) is 2. The summed E-state index contributed by atoms with van der Waals surface area (Å²) in [4.78, 5) is 0. The first-order chi connectivity index (χ1) is 18.4. The molecular weight excluding hydrogens is 554 g/mol. The molecule has 0 saturated heterocycles. The lowest BCUT2D eigenvalue weighted by molar-refractivity contribution is 0.797. The molecular formula is C32H20Cl4N2. The van der Waals surface area contributed by atoms with E-state index in [1.165, 1.54) is 0 Å². The molecule has 0 aliphatic rings. The molecule has 1 aromatic heterocycles. The summed E-state index contributed by atoms with van der Waals surface area (Å²) in [6.07, 6.45) is 1.93. The van der Waals surface area contributed by atoms with Crippen LogP contribution in [0.15, 0.2) is 103 Å². The molecule has 0 fully saturated rings. The molecule has 0 unspecified atom stereocenters. The molecule has 0 N–H and O–H groups in total. The molecule has 186 valence electrons. The van der Waals surface area contributed by atoms with Gasteiger partial charge in [0.1, 0.15) is 0 Å². The van der Waals surface area contributed by atoms with Gasteiger partial charge in [-0.25, -0.2) is 0 Å². The van der Waals surface area contributed by atoms with Gasteiger partial charge in [-0.2, -0.15) is 5.10 Å². The molecule has 6 rings (SSSR count). The third-order valence-corrected chi connectivity index (χ3v) is 7.73. The first-order valence-electron chi connectivity index (χ1n) is 12.0. The molecule has 1 heterocycles. The summed E-state index contributed by atoms with van der Waals surface area (Å²) in [7, 11) is 1.97. The van der Waals surface area contributed by atoms with Gasteiger partial charge in [0.25, 0.3) is 0 Å². The van der Waals surface area contributed by atoms with Crippen LogP contribution in [0.3, 0.4) is 0 Å². The summed E-state index contributed by atoms with van der Waals surface area (Å²) in [5.41, 5.74) is 9.40. The maximum atomic E-state index is 6.34. The van der Waals surface area contributed by atoms with Gasteiger partial charge >= 0.3 is 0 Å². The minimum absolute atomic E-state index is 0.675. The zero-order valence-electron chi connectivity index (χ0n) is 20.2. The number of halogens is 4. The Balaban J connectivity index is 1.87. The van der Waals surface area contributed by atoms with Crippen LogP contribution in [0.1, 0.15) is 0 Å². The lowest BCUT2D eigenvalue weighted by atomic mass is 9.80. The topological polar surface area (TPSA) is 17.8 Å². The highest BCUT2D eigenvalue weighted by molar-refractivity contribution is 6.32. The van der Waals surface area contributed by atoms with E-state index in [9.17, 15) is 0 Å². The largest absolute Gasteiger partial charge is 0.267 e. The summed E-state index contributed by atoms with van der Waals surface area (Å²) in [5, 5.41) is 8.46. The van der Waals surface area contributed by atoms with E-state index in [-0.39, 0.29) is 0 Å². The van der Waals surface area contributed by atoms with E-state index < -0.39 is 0 Å². The van der Waals surface area contributed by atoms with Crippen molar-refractivity contribution in [3.8, 4) is 44.5 Å². The van der Waals surface area contributed by atoms with Crippen LogP contribution in [0.25, 0.3) is 55.4 Å². The number of fused-ring (bicyclic) bond motifs is 1. The Kier molecular flexibility index (Phi) is 6.67. The van der Waals surface area contributed by atoms with Crippen molar-refractivity contribution in [1.82, 2.24) is 9.78 Å². The van der Waals surface area contributed by atoms with Gasteiger partial charge in [0, 0.05) is 49.2 Å². The average molecular weight is 574 g/mol. The lowest BCUT2D eigenvalue weighted by Gasteiger charge is -2.23. The minimum Gasteiger partial charge on any atom is -0.267 e. The summed E-state index contributed by atoms with van der Waals surface area (Å²) < 4.78 is 1.93. The SMILES string of the molecule is Cn1ncc2c(-c3ccc(Cl)cc3)c(-c3ccc(Cl)cc3)c(-c3ccc(Cl)cc3)c(-c3ccc(Cl)cc3)c21. The Morgan fingerprint density at radius 2 is 0.763 bits per heavy atom. The predicted molar refractivity (Wildman–Crippen MR) is 162 cm³/mol. The van der Waals surface area contributed by atoms with Gasteiger partial charge in [-0.05, 0) is 76.3 Å². The standard InChI is InChI=1S/C32H20Cl4N2/c1-38-32-27(18-37-38)28(19-2-10-23(33)11-3-19)29(20-4-12-24(34)13-5-20)30(21-6-14-25(35)15-7-21)31(32)22-8-16-26(36)17-9-22/h2-18H,1H3. The van der Waals surface area contributed by atoms with Crippen molar-refractivity contribution in [2.24, 2.45) is 7.05 Å². The Morgan fingerprint density at radius 1 is 0.447 bits per heavy atom. The minimum atomic E-state index is 0.675. The second-order valence-electron chi connectivity index (χ2n) is 9.06. The molecule has 6 aromatic rings. The quantitative estimate of drug-likeness (QED) is 0.205. The fourth-order valence-electron chi connectivity index (χ4n) is 5.04. The molecule has 0 bridgehead atoms. The molecule has 6 heteroatoms. The van der Waals surface area contributed by atoms with E-state index in [1.807, 2.05) is 66.5 Å². The van der Waals surface area contributed by atoms with E-state index in [0.717, 1.165) is 55.4 Å². The zero-order valence-corrected chi connectivity index (χ0v) is 23.2. The molecule has 0 saturated carbocycles. The predicted octanol–water partition coefficient (Wildman–Crippen LogP) is 10.9. The van der Waals surface area contributed by atoms with Crippen LogP contribution >= 0.6 is 46.4 Å². The highest BCUT2D eigenvalue weighted by atomic mass is 35.5. The average Bonchev–Trinajstić information content (AvgIpc) is 3.30. The van der Waals surface area contributed by atoms with Crippen LogP contribution < -0.4 is 0 Å². The Morgan fingerprint density at radius 3 is 1.16 bits per heavy atom. The third kappa shape index (κ3) is 4.48. The van der Waals surface area contributed by atoms with Gasteiger partial charge in [-0.3, -0.25) is 4.68 Å². The Hall–Kier alpha value is -3.27. The Bertz CT molecular complexity index is 1770. The third-order valence-electron chi connectivity index (χ3n) is 6.73. The van der Waals surface area contributed by atoms with Gasteiger partial charge in [0.15, 0.2) is 0 Å². The van der Waals surface area contributed by atoms with Crippen molar-refractivity contribution in [3.63, 3.8) is 0 Å². The molecule has 0 spiro atoms. The van der Waals surface area contributed by atoms with Crippen molar-refractivity contribution in [3.05, 3.63) is 123 Å². The van der Waals surface area contributed by atoms with Gasteiger partial charge in [-0.1, -0.05) is 94.9 Å². The van der Waals surface area contributed by atoms with Gasteiger partial charge in [0.2, 0.25) is 0 Å². The molecule has 0 aliphatic heterocycles. The number of benzene rings is 5. The van der Waals surface area contributed by atoms with Crippen LogP contribution in [0.4, 0.5) is 0 Å². The molecule has 0 atom stereocenters. The van der Waals surface area contributed by atoms with Gasteiger partial charge < -0.3 is 0 Å². The maximum Gasteiger partial charge on any atom is 0.0770 e. The van der Waals surface area contributed by atoms with Crippen LogP contribution in [0.2, 0.25) is 20.1 Å². The molecule has 0 radical (unpaired) electrons. The Labute approximate surface area is 241 Å². The number of aromatic nitrogens is 2. The summed E-state index contributed by atoms with van der Waals surface area (Å²) >= 11 is 25.3. The van der Waals surface area contributed by atoms with Crippen molar-refractivity contribution < 1.29 is 0 Å². The van der Waals surface area contributed by atoms with Crippen molar-refractivity contribution in [2.45, 2.75) is 0 Å². The second kappa shape index (κ2) is 10.1. The second-order valence-corrected chi connectivity index (χ2v) is 10.8. The van der Waals surface area contributed by atoms with E-state index in [4.69, 9.17) is 51.5 Å². The van der Waals surface area contributed by atoms with Crippen LogP contribution in [-0.2, 0) is 7.05 Å². The van der Waals surface area contributed by atoms with Crippen LogP contribution in [0.5, 0.6) is 0 Å².